The van der Waals surface area contributed by atoms with Crippen molar-refractivity contribution in [1.29, 1.82) is 0 Å². The number of hydrogen-bond acceptors (Lipinski definition) is 3. The standard InChI is InChI=1S/C17H24N4S.HI/c1-13-7-4-5-8-15(13)11-20-17(18-3)19-10-6-9-16-21-14(2)12-22-16;/h4-5,7-8,12H,6,9-11H2,1-3H3,(H2,18,19,20);1H. The molecule has 0 fully saturated rings. The highest BCUT2D eigenvalue weighted by Gasteiger charge is 2.01. The highest BCUT2D eigenvalue weighted by molar-refractivity contribution is 14.0. The van der Waals surface area contributed by atoms with Crippen LogP contribution in [0, 0.1) is 13.8 Å². The molecule has 0 spiro atoms. The van der Waals surface area contributed by atoms with Crippen LogP contribution in [0.15, 0.2) is 34.6 Å². The Kier molecular flexibility index (Phi) is 9.16. The molecular formula is C17H25IN4S. The molecule has 0 saturated carbocycles. The summed E-state index contributed by atoms with van der Waals surface area (Å²) in [5, 5.41) is 10.0. The number of nitrogens with zero attached hydrogens (tertiary/aromatic N) is 2. The van der Waals surface area contributed by atoms with Gasteiger partial charge >= 0.3 is 0 Å². The molecule has 0 radical (unpaired) electrons. The lowest BCUT2D eigenvalue weighted by Gasteiger charge is -2.12. The normalized spacial score (nSPS) is 11.0. The topological polar surface area (TPSA) is 49.3 Å². The molecule has 23 heavy (non-hydrogen) atoms. The van der Waals surface area contributed by atoms with Crippen molar-refractivity contribution in [2.75, 3.05) is 13.6 Å². The van der Waals surface area contributed by atoms with Crippen LogP contribution < -0.4 is 10.6 Å². The van der Waals surface area contributed by atoms with Crippen molar-refractivity contribution < 1.29 is 0 Å². The van der Waals surface area contributed by atoms with Crippen LogP contribution in [0.1, 0.15) is 28.2 Å². The Morgan fingerprint density at radius 2 is 2.00 bits per heavy atom. The first-order chi connectivity index (χ1) is 10.7. The second-order valence-electron chi connectivity index (χ2n) is 5.27. The Labute approximate surface area is 159 Å². The minimum Gasteiger partial charge on any atom is -0.356 e. The van der Waals surface area contributed by atoms with Crippen molar-refractivity contribution in [2.45, 2.75) is 33.2 Å². The molecule has 0 aliphatic heterocycles. The van der Waals surface area contributed by atoms with Crippen molar-refractivity contribution in [3.63, 3.8) is 0 Å². The maximum absolute atomic E-state index is 4.48. The molecule has 2 N–H and O–H groups in total. The molecule has 2 rings (SSSR count). The first kappa shape index (κ1) is 19.9. The summed E-state index contributed by atoms with van der Waals surface area (Å²) < 4.78 is 0. The van der Waals surface area contributed by atoms with Gasteiger partial charge in [-0.3, -0.25) is 4.99 Å². The average molecular weight is 444 g/mol. The molecule has 0 aliphatic carbocycles. The van der Waals surface area contributed by atoms with Gasteiger partial charge in [0.15, 0.2) is 5.96 Å². The molecular weight excluding hydrogens is 419 g/mol. The predicted octanol–water partition coefficient (Wildman–Crippen LogP) is 3.68. The largest absolute Gasteiger partial charge is 0.356 e. The lowest BCUT2D eigenvalue weighted by atomic mass is 10.1. The van der Waals surface area contributed by atoms with E-state index in [0.717, 1.165) is 37.6 Å². The maximum Gasteiger partial charge on any atom is 0.191 e. The molecule has 0 amide bonds. The fourth-order valence-corrected chi connectivity index (χ4v) is 2.99. The molecule has 126 valence electrons. The average Bonchev–Trinajstić information content (AvgIpc) is 2.93. The van der Waals surface area contributed by atoms with Crippen molar-refractivity contribution in [1.82, 2.24) is 15.6 Å². The molecule has 6 heteroatoms. The Hall–Kier alpha value is -1.15. The number of aryl methyl sites for hydroxylation is 3. The molecule has 1 aromatic carbocycles. The van der Waals surface area contributed by atoms with Crippen molar-refractivity contribution in [3.05, 3.63) is 51.5 Å². The summed E-state index contributed by atoms with van der Waals surface area (Å²) in [7, 11) is 1.80. The van der Waals surface area contributed by atoms with Crippen LogP contribution in [-0.4, -0.2) is 24.5 Å². The third kappa shape index (κ3) is 6.87. The van der Waals surface area contributed by atoms with Crippen LogP contribution in [-0.2, 0) is 13.0 Å². The number of hydrogen-bond donors (Lipinski definition) is 2. The number of aromatic nitrogens is 1. The van der Waals surface area contributed by atoms with Gasteiger partial charge in [0.05, 0.1) is 5.01 Å². The van der Waals surface area contributed by atoms with Crippen molar-refractivity contribution in [3.8, 4) is 0 Å². The highest BCUT2D eigenvalue weighted by atomic mass is 127. The monoisotopic (exact) mass is 444 g/mol. The van der Waals surface area contributed by atoms with E-state index in [1.54, 1.807) is 18.4 Å². The van der Waals surface area contributed by atoms with Crippen LogP contribution in [0.3, 0.4) is 0 Å². The second-order valence-corrected chi connectivity index (χ2v) is 6.21. The van der Waals surface area contributed by atoms with E-state index in [2.05, 4.69) is 57.2 Å². The van der Waals surface area contributed by atoms with Gasteiger partial charge < -0.3 is 10.6 Å². The number of nitrogens with one attached hydrogen (secondary N) is 2. The van der Waals surface area contributed by atoms with Crippen LogP contribution in [0.4, 0.5) is 0 Å². The van der Waals surface area contributed by atoms with E-state index in [1.165, 1.54) is 16.1 Å². The molecule has 0 saturated heterocycles. The van der Waals surface area contributed by atoms with E-state index in [1.807, 2.05) is 6.92 Å². The Morgan fingerprint density at radius 3 is 2.65 bits per heavy atom. The zero-order valence-electron chi connectivity index (χ0n) is 13.9. The van der Waals surface area contributed by atoms with E-state index >= 15 is 0 Å². The predicted molar refractivity (Wildman–Crippen MR) is 110 cm³/mol. The summed E-state index contributed by atoms with van der Waals surface area (Å²) >= 11 is 1.74. The molecule has 0 bridgehead atoms. The molecule has 0 aliphatic rings. The smallest absolute Gasteiger partial charge is 0.191 e. The summed E-state index contributed by atoms with van der Waals surface area (Å²) in [6, 6.07) is 8.39. The third-order valence-corrected chi connectivity index (χ3v) is 4.48. The van der Waals surface area contributed by atoms with Crippen LogP contribution in [0.5, 0.6) is 0 Å². The molecule has 0 atom stereocenters. The van der Waals surface area contributed by atoms with Gasteiger partial charge in [0, 0.05) is 37.6 Å². The zero-order valence-corrected chi connectivity index (χ0v) is 17.1. The van der Waals surface area contributed by atoms with Crippen molar-refractivity contribution >= 4 is 41.3 Å². The third-order valence-electron chi connectivity index (χ3n) is 3.46. The summed E-state index contributed by atoms with van der Waals surface area (Å²) in [5.74, 6) is 0.846. The first-order valence-corrected chi connectivity index (χ1v) is 8.47. The molecule has 0 unspecified atom stereocenters. The number of rotatable bonds is 6. The SMILES string of the molecule is CN=C(NCCCc1nc(C)cs1)NCc1ccccc1C.I. The van der Waals surface area contributed by atoms with E-state index in [4.69, 9.17) is 0 Å². The Bertz CT molecular complexity index is 625. The van der Waals surface area contributed by atoms with Crippen LogP contribution >= 0.6 is 35.3 Å². The number of thiazole rings is 1. The lowest BCUT2D eigenvalue weighted by molar-refractivity contribution is 0.738. The van der Waals surface area contributed by atoms with Gasteiger partial charge in [-0.2, -0.15) is 0 Å². The fourth-order valence-electron chi connectivity index (χ4n) is 2.17. The summed E-state index contributed by atoms with van der Waals surface area (Å²) in [6.07, 6.45) is 2.07. The van der Waals surface area contributed by atoms with Gasteiger partial charge in [0.25, 0.3) is 0 Å². The zero-order chi connectivity index (χ0) is 15.8. The van der Waals surface area contributed by atoms with Gasteiger partial charge in [-0.05, 0) is 31.4 Å². The highest BCUT2D eigenvalue weighted by Crippen LogP contribution is 2.10. The van der Waals surface area contributed by atoms with Gasteiger partial charge in [0.1, 0.15) is 0 Å². The number of halogens is 1. The second kappa shape index (κ2) is 10.6. The fraction of sp³-hybridized carbons (Fsp3) is 0.412. The molecule has 1 heterocycles. The Balaban J connectivity index is 0.00000264. The number of aliphatic imine (C=N–C) groups is 1. The van der Waals surface area contributed by atoms with E-state index in [9.17, 15) is 0 Å². The van der Waals surface area contributed by atoms with Gasteiger partial charge in [0.2, 0.25) is 0 Å². The van der Waals surface area contributed by atoms with Crippen molar-refractivity contribution in [2.24, 2.45) is 4.99 Å². The first-order valence-electron chi connectivity index (χ1n) is 7.59. The lowest BCUT2D eigenvalue weighted by Crippen LogP contribution is -2.37. The Morgan fingerprint density at radius 1 is 1.22 bits per heavy atom. The molecule has 2 aromatic rings. The summed E-state index contributed by atoms with van der Waals surface area (Å²) in [4.78, 5) is 8.74. The summed E-state index contributed by atoms with van der Waals surface area (Å²) in [6.45, 7) is 5.85. The molecule has 4 nitrogen and oxygen atoms in total. The van der Waals surface area contributed by atoms with Crippen LogP contribution in [0.25, 0.3) is 0 Å². The number of guanidine groups is 1. The maximum atomic E-state index is 4.48. The van der Waals surface area contributed by atoms with Crippen LogP contribution in [0.2, 0.25) is 0 Å². The van der Waals surface area contributed by atoms with E-state index in [-0.39, 0.29) is 24.0 Å². The minimum atomic E-state index is 0. The van der Waals surface area contributed by atoms with Gasteiger partial charge in [-0.15, -0.1) is 35.3 Å². The summed E-state index contributed by atoms with van der Waals surface area (Å²) in [5.41, 5.74) is 3.71. The quantitative estimate of drug-likeness (QED) is 0.309. The molecule has 1 aromatic heterocycles. The van der Waals surface area contributed by atoms with E-state index in [0.29, 0.717) is 0 Å². The van der Waals surface area contributed by atoms with E-state index < -0.39 is 0 Å². The minimum absolute atomic E-state index is 0. The van der Waals surface area contributed by atoms with Gasteiger partial charge in [-0.25, -0.2) is 4.98 Å². The number of benzene rings is 1. The van der Waals surface area contributed by atoms with Gasteiger partial charge in [-0.1, -0.05) is 24.3 Å².